The number of nitrogens with zero attached hydrogens (tertiary/aromatic N) is 2. The summed E-state index contributed by atoms with van der Waals surface area (Å²) in [5, 5.41) is 33.8. The number of benzene rings is 2. The minimum atomic E-state index is -1.30. The summed E-state index contributed by atoms with van der Waals surface area (Å²) in [7, 11) is 7.51. The molecule has 0 radical (unpaired) electrons. The summed E-state index contributed by atoms with van der Waals surface area (Å²) >= 11 is 0. The van der Waals surface area contributed by atoms with Crippen molar-refractivity contribution in [1.82, 2.24) is 0 Å². The van der Waals surface area contributed by atoms with E-state index < -0.39 is 22.5 Å². The van der Waals surface area contributed by atoms with Gasteiger partial charge in [-0.1, -0.05) is 32.8 Å². The molecule has 0 aromatic heterocycles. The van der Waals surface area contributed by atoms with Crippen LogP contribution in [0.3, 0.4) is 0 Å². The van der Waals surface area contributed by atoms with Crippen molar-refractivity contribution in [3.63, 3.8) is 0 Å². The van der Waals surface area contributed by atoms with Gasteiger partial charge in [0.2, 0.25) is 11.8 Å². The third-order valence-corrected chi connectivity index (χ3v) is 7.51. The Morgan fingerprint density at radius 1 is 0.923 bits per heavy atom. The minimum Gasteiger partial charge on any atom is -0.493 e. The van der Waals surface area contributed by atoms with E-state index in [1.165, 1.54) is 35.5 Å². The molecular formula is C29H40N2O8. The summed E-state index contributed by atoms with van der Waals surface area (Å²) in [6, 6.07) is 9.78. The van der Waals surface area contributed by atoms with Gasteiger partial charge in [0.15, 0.2) is 23.0 Å². The lowest BCUT2D eigenvalue weighted by Crippen LogP contribution is -2.39. The molecule has 0 aliphatic carbocycles. The molecule has 0 saturated carbocycles. The number of rotatable bonds is 16. The van der Waals surface area contributed by atoms with Crippen LogP contribution in [-0.4, -0.2) is 57.7 Å². The number of aliphatic hydroxyl groups excluding tert-OH is 1. The summed E-state index contributed by atoms with van der Waals surface area (Å²) in [4.78, 5) is 11.6. The number of aliphatic hydroxyl groups is 1. The van der Waals surface area contributed by atoms with Gasteiger partial charge in [0.1, 0.15) is 6.10 Å². The van der Waals surface area contributed by atoms with Gasteiger partial charge in [-0.25, -0.2) is 0 Å². The Labute approximate surface area is 230 Å². The number of hydrogen-bond donors (Lipinski definition) is 1. The first-order chi connectivity index (χ1) is 18.7. The third kappa shape index (κ3) is 6.66. The summed E-state index contributed by atoms with van der Waals surface area (Å²) < 4.78 is 27.3. The Hall–Kier alpha value is -3.71. The van der Waals surface area contributed by atoms with Crippen molar-refractivity contribution in [1.29, 1.82) is 5.26 Å². The zero-order valence-corrected chi connectivity index (χ0v) is 23.9. The average molecular weight is 545 g/mol. The summed E-state index contributed by atoms with van der Waals surface area (Å²) in [5.74, 6) is 2.03. The van der Waals surface area contributed by atoms with Gasteiger partial charge in [0, 0.05) is 16.9 Å². The van der Waals surface area contributed by atoms with Gasteiger partial charge in [-0.2, -0.15) is 5.26 Å². The van der Waals surface area contributed by atoms with Crippen LogP contribution >= 0.6 is 0 Å². The monoisotopic (exact) mass is 544 g/mol. The molecule has 0 aliphatic rings. The largest absolute Gasteiger partial charge is 0.493 e. The average Bonchev–Trinajstić information content (AvgIpc) is 2.96. The van der Waals surface area contributed by atoms with E-state index in [0.717, 1.165) is 0 Å². The van der Waals surface area contributed by atoms with E-state index in [-0.39, 0.29) is 25.2 Å². The maximum absolute atomic E-state index is 12.1. The second-order valence-corrected chi connectivity index (χ2v) is 9.33. The van der Waals surface area contributed by atoms with Crippen LogP contribution in [0, 0.1) is 27.4 Å². The van der Waals surface area contributed by atoms with E-state index >= 15 is 0 Å². The lowest BCUT2D eigenvalue weighted by molar-refractivity contribution is -0.534. The Morgan fingerprint density at radius 3 is 2.00 bits per heavy atom. The van der Waals surface area contributed by atoms with Crippen LogP contribution in [-0.2, 0) is 11.8 Å². The van der Waals surface area contributed by atoms with Gasteiger partial charge >= 0.3 is 0 Å². The van der Waals surface area contributed by atoms with Crippen molar-refractivity contribution < 1.29 is 33.7 Å². The van der Waals surface area contributed by atoms with Crippen LogP contribution in [0.5, 0.6) is 28.7 Å². The molecule has 0 spiro atoms. The van der Waals surface area contributed by atoms with Crippen molar-refractivity contribution in [2.45, 2.75) is 63.5 Å². The van der Waals surface area contributed by atoms with E-state index in [2.05, 4.69) is 6.07 Å². The fraction of sp³-hybridized carbons (Fsp3) is 0.552. The van der Waals surface area contributed by atoms with Crippen LogP contribution in [0.2, 0.25) is 0 Å². The van der Waals surface area contributed by atoms with Crippen molar-refractivity contribution >= 4 is 0 Å². The molecule has 0 heterocycles. The molecule has 0 bridgehead atoms. The first-order valence-corrected chi connectivity index (χ1v) is 12.9. The van der Waals surface area contributed by atoms with E-state index in [1.807, 2.05) is 13.8 Å². The highest BCUT2D eigenvalue weighted by Crippen LogP contribution is 2.50. The summed E-state index contributed by atoms with van der Waals surface area (Å²) in [5.41, 5.74) is 0.130. The van der Waals surface area contributed by atoms with Crippen LogP contribution in [0.1, 0.15) is 50.7 Å². The Balaban J connectivity index is 2.48. The number of ether oxygens (including phenoxy) is 5. The van der Waals surface area contributed by atoms with Gasteiger partial charge < -0.3 is 28.8 Å². The first-order valence-electron chi connectivity index (χ1n) is 12.9. The zero-order chi connectivity index (χ0) is 29.2. The molecule has 0 amide bonds. The van der Waals surface area contributed by atoms with Crippen LogP contribution in [0.4, 0.5) is 0 Å². The zero-order valence-electron chi connectivity index (χ0n) is 23.9. The van der Waals surface area contributed by atoms with Crippen molar-refractivity contribution in [3.05, 3.63) is 51.6 Å². The molecule has 0 fully saturated rings. The minimum absolute atomic E-state index is 0.0151. The number of methoxy groups -OCH3 is 5. The van der Waals surface area contributed by atoms with E-state index in [4.69, 9.17) is 23.7 Å². The summed E-state index contributed by atoms with van der Waals surface area (Å²) in [6.45, 7) is 4.00. The molecule has 2 aromatic carbocycles. The Bertz CT molecular complexity index is 1140. The van der Waals surface area contributed by atoms with E-state index in [0.29, 0.717) is 52.7 Å². The number of nitro groups is 1. The van der Waals surface area contributed by atoms with Crippen LogP contribution in [0.15, 0.2) is 30.3 Å². The lowest BCUT2D eigenvalue weighted by Gasteiger charge is -2.37. The van der Waals surface area contributed by atoms with Gasteiger partial charge in [-0.15, -0.1) is 0 Å². The fourth-order valence-electron chi connectivity index (χ4n) is 5.37. The number of nitriles is 1. The fourth-order valence-corrected chi connectivity index (χ4v) is 5.37. The summed E-state index contributed by atoms with van der Waals surface area (Å²) in [6.07, 6.45) is 0.253. The van der Waals surface area contributed by atoms with E-state index in [1.54, 1.807) is 30.3 Å². The normalized spacial score (nSPS) is 14.1. The predicted molar refractivity (Wildman–Crippen MR) is 147 cm³/mol. The van der Waals surface area contributed by atoms with Gasteiger partial charge in [0.05, 0.1) is 47.0 Å². The molecule has 10 heteroatoms. The molecule has 2 aromatic rings. The topological polar surface area (TPSA) is 133 Å². The highest BCUT2D eigenvalue weighted by Gasteiger charge is 2.44. The molecule has 3 unspecified atom stereocenters. The second kappa shape index (κ2) is 14.4. The highest BCUT2D eigenvalue weighted by atomic mass is 16.6. The SMILES string of the molecule is CCC(CC)C(C#N)(CCC(O)C(Cc1ccc(OC)c(OC)c1)[N+](=O)[O-])c1ccc(OC)c(OC)c1OC. The van der Waals surface area contributed by atoms with Crippen molar-refractivity contribution in [2.75, 3.05) is 35.5 Å². The maximum Gasteiger partial charge on any atom is 0.242 e. The van der Waals surface area contributed by atoms with Crippen molar-refractivity contribution in [2.24, 2.45) is 5.92 Å². The molecular weight excluding hydrogens is 504 g/mol. The molecule has 10 nitrogen and oxygen atoms in total. The maximum atomic E-state index is 12.1. The van der Waals surface area contributed by atoms with Crippen LogP contribution < -0.4 is 23.7 Å². The lowest BCUT2D eigenvalue weighted by atomic mass is 9.65. The van der Waals surface area contributed by atoms with Gasteiger partial charge in [0.25, 0.3) is 0 Å². The number of hydrogen-bond acceptors (Lipinski definition) is 9. The first kappa shape index (κ1) is 31.5. The van der Waals surface area contributed by atoms with E-state index in [9.17, 15) is 20.5 Å². The molecule has 2 rings (SSSR count). The standard InChI is InChI=1S/C29H40N2O8/c1-8-20(9-2)29(18-30,21-11-13-25(36-4)28(39-7)27(21)38-6)15-14-23(32)22(31(33)34)16-19-10-12-24(35-3)26(17-19)37-5/h10-13,17,20,22-23,32H,8-9,14-16H2,1-7H3. The van der Waals surface area contributed by atoms with Crippen molar-refractivity contribution in [3.8, 4) is 34.8 Å². The molecule has 1 N–H and O–H groups in total. The molecule has 214 valence electrons. The Kier molecular flexibility index (Phi) is 11.7. The van der Waals surface area contributed by atoms with Gasteiger partial charge in [-0.05, 0) is 48.6 Å². The van der Waals surface area contributed by atoms with Gasteiger partial charge in [-0.3, -0.25) is 10.1 Å². The van der Waals surface area contributed by atoms with Crippen LogP contribution in [0.25, 0.3) is 0 Å². The quantitative estimate of drug-likeness (QED) is 0.230. The second-order valence-electron chi connectivity index (χ2n) is 9.33. The molecule has 39 heavy (non-hydrogen) atoms. The third-order valence-electron chi connectivity index (χ3n) is 7.51. The molecule has 3 atom stereocenters. The predicted octanol–water partition coefficient (Wildman–Crippen LogP) is 4.96. The molecule has 0 saturated heterocycles. The Morgan fingerprint density at radius 2 is 1.51 bits per heavy atom. The molecule has 0 aliphatic heterocycles. The smallest absolute Gasteiger partial charge is 0.242 e. The highest BCUT2D eigenvalue weighted by molar-refractivity contribution is 5.59.